The molecule has 0 radical (unpaired) electrons. The monoisotopic (exact) mass is 373 g/mol. The fourth-order valence-electron chi connectivity index (χ4n) is 2.23. The van der Waals surface area contributed by atoms with Gasteiger partial charge in [-0.3, -0.25) is 0 Å². The van der Waals surface area contributed by atoms with E-state index in [-0.39, 0.29) is 0 Å². The first-order valence-electron chi connectivity index (χ1n) is 7.80. The molecular formula is C18H17Cl2N5. The molecule has 0 atom stereocenters. The Labute approximate surface area is 156 Å². The second kappa shape index (κ2) is 7.68. The van der Waals surface area contributed by atoms with Crippen LogP contribution in [0.25, 0.3) is 0 Å². The van der Waals surface area contributed by atoms with Gasteiger partial charge in [-0.15, -0.1) is 5.10 Å². The van der Waals surface area contributed by atoms with Crippen molar-refractivity contribution in [2.45, 2.75) is 19.8 Å². The summed E-state index contributed by atoms with van der Waals surface area (Å²) in [5.74, 6) is 1.39. The third-order valence-electron chi connectivity index (χ3n) is 3.58. The van der Waals surface area contributed by atoms with Crippen LogP contribution in [-0.4, -0.2) is 15.2 Å². The molecule has 0 amide bonds. The van der Waals surface area contributed by atoms with E-state index in [0.29, 0.717) is 33.4 Å². The largest absolute Gasteiger partial charge is 0.338 e. The van der Waals surface area contributed by atoms with E-state index >= 15 is 0 Å². The van der Waals surface area contributed by atoms with E-state index in [0.717, 1.165) is 5.69 Å². The van der Waals surface area contributed by atoms with E-state index in [1.165, 1.54) is 11.8 Å². The lowest BCUT2D eigenvalue weighted by Gasteiger charge is -2.10. The molecule has 0 bridgehead atoms. The highest BCUT2D eigenvalue weighted by molar-refractivity contribution is 6.35. The van der Waals surface area contributed by atoms with Crippen molar-refractivity contribution in [3.05, 3.63) is 64.3 Å². The summed E-state index contributed by atoms with van der Waals surface area (Å²) >= 11 is 12.2. The number of aromatic nitrogens is 3. The van der Waals surface area contributed by atoms with E-state index in [1.807, 2.05) is 12.1 Å². The van der Waals surface area contributed by atoms with Crippen LogP contribution in [0.4, 0.5) is 23.1 Å². The molecule has 5 nitrogen and oxygen atoms in total. The van der Waals surface area contributed by atoms with Crippen molar-refractivity contribution in [1.29, 1.82) is 0 Å². The number of halogens is 2. The molecule has 7 heteroatoms. The summed E-state index contributed by atoms with van der Waals surface area (Å²) in [6.45, 7) is 4.32. The Hall–Kier alpha value is -2.37. The smallest absolute Gasteiger partial charge is 0.249 e. The molecule has 25 heavy (non-hydrogen) atoms. The van der Waals surface area contributed by atoms with E-state index in [9.17, 15) is 0 Å². The number of nitrogens with zero attached hydrogens (tertiary/aromatic N) is 3. The number of nitrogens with one attached hydrogen (secondary N) is 2. The van der Waals surface area contributed by atoms with Crippen molar-refractivity contribution in [1.82, 2.24) is 15.2 Å². The number of rotatable bonds is 5. The van der Waals surface area contributed by atoms with E-state index in [4.69, 9.17) is 23.2 Å². The van der Waals surface area contributed by atoms with E-state index in [2.05, 4.69) is 51.8 Å². The zero-order chi connectivity index (χ0) is 17.8. The molecule has 0 spiro atoms. The van der Waals surface area contributed by atoms with E-state index < -0.39 is 0 Å². The number of hydrogen-bond donors (Lipinski definition) is 2. The van der Waals surface area contributed by atoms with Crippen molar-refractivity contribution in [3.63, 3.8) is 0 Å². The first kappa shape index (κ1) is 17.5. The molecule has 0 saturated heterocycles. The summed E-state index contributed by atoms with van der Waals surface area (Å²) in [6, 6.07) is 13.3. The van der Waals surface area contributed by atoms with Crippen LogP contribution in [-0.2, 0) is 0 Å². The van der Waals surface area contributed by atoms with Gasteiger partial charge in [0.15, 0.2) is 5.82 Å². The minimum absolute atomic E-state index is 0.389. The summed E-state index contributed by atoms with van der Waals surface area (Å²) < 4.78 is 0. The molecule has 0 aliphatic rings. The van der Waals surface area contributed by atoms with Crippen molar-refractivity contribution in [3.8, 4) is 0 Å². The molecular weight excluding hydrogens is 357 g/mol. The molecule has 0 aliphatic heterocycles. The second-order valence-corrected chi connectivity index (χ2v) is 6.66. The molecule has 0 unspecified atom stereocenters. The normalized spacial score (nSPS) is 10.8. The second-order valence-electron chi connectivity index (χ2n) is 5.82. The van der Waals surface area contributed by atoms with Gasteiger partial charge in [0.2, 0.25) is 5.95 Å². The minimum atomic E-state index is 0.389. The van der Waals surface area contributed by atoms with Crippen LogP contribution in [0.3, 0.4) is 0 Å². The average molecular weight is 374 g/mol. The topological polar surface area (TPSA) is 62.7 Å². The van der Waals surface area contributed by atoms with Crippen LogP contribution in [0.5, 0.6) is 0 Å². The summed E-state index contributed by atoms with van der Waals surface area (Å²) in [4.78, 5) is 4.39. The maximum Gasteiger partial charge on any atom is 0.249 e. The van der Waals surface area contributed by atoms with Crippen LogP contribution in [0, 0.1) is 0 Å². The van der Waals surface area contributed by atoms with Crippen LogP contribution >= 0.6 is 23.2 Å². The van der Waals surface area contributed by atoms with Crippen LogP contribution in [0.2, 0.25) is 10.0 Å². The number of benzene rings is 2. The number of hydrogen-bond acceptors (Lipinski definition) is 5. The van der Waals surface area contributed by atoms with Gasteiger partial charge in [-0.05, 0) is 41.8 Å². The quantitative estimate of drug-likeness (QED) is 0.592. The molecule has 2 N–H and O–H groups in total. The Balaban J connectivity index is 1.76. The van der Waals surface area contributed by atoms with Gasteiger partial charge in [-0.25, -0.2) is 0 Å². The predicted molar refractivity (Wildman–Crippen MR) is 103 cm³/mol. The molecule has 0 aliphatic carbocycles. The van der Waals surface area contributed by atoms with Crippen molar-refractivity contribution in [2.75, 3.05) is 10.6 Å². The first-order chi connectivity index (χ1) is 12.0. The van der Waals surface area contributed by atoms with Crippen LogP contribution in [0.1, 0.15) is 25.3 Å². The maximum absolute atomic E-state index is 6.16. The average Bonchev–Trinajstić information content (AvgIpc) is 2.59. The molecule has 0 saturated carbocycles. The molecule has 3 rings (SSSR count). The highest BCUT2D eigenvalue weighted by Crippen LogP contribution is 2.28. The summed E-state index contributed by atoms with van der Waals surface area (Å²) in [7, 11) is 0. The first-order valence-corrected chi connectivity index (χ1v) is 8.55. The van der Waals surface area contributed by atoms with Gasteiger partial charge in [0.25, 0.3) is 0 Å². The minimum Gasteiger partial charge on any atom is -0.338 e. The fourth-order valence-corrected chi connectivity index (χ4v) is 2.57. The van der Waals surface area contributed by atoms with Gasteiger partial charge in [-0.1, -0.05) is 49.2 Å². The van der Waals surface area contributed by atoms with Gasteiger partial charge in [0, 0.05) is 10.7 Å². The van der Waals surface area contributed by atoms with Gasteiger partial charge < -0.3 is 10.6 Å². The third-order valence-corrected chi connectivity index (χ3v) is 4.15. The van der Waals surface area contributed by atoms with Gasteiger partial charge >= 0.3 is 0 Å². The Morgan fingerprint density at radius 2 is 1.72 bits per heavy atom. The standard InChI is InChI=1S/C18H17Cl2N5/c1-11(2)12-3-6-14(7-4-12)22-18-24-17(10-21-25-18)23-16-9-13(19)5-8-15(16)20/h3-11H,1-2H3,(H2,22,23,24,25). The summed E-state index contributed by atoms with van der Waals surface area (Å²) in [5, 5.41) is 15.3. The fraction of sp³-hybridized carbons (Fsp3) is 0.167. The maximum atomic E-state index is 6.16. The summed E-state index contributed by atoms with van der Waals surface area (Å²) in [5.41, 5.74) is 2.82. The zero-order valence-electron chi connectivity index (χ0n) is 13.8. The molecule has 128 valence electrons. The lowest BCUT2D eigenvalue weighted by atomic mass is 10.0. The molecule has 3 aromatic rings. The third kappa shape index (κ3) is 4.59. The van der Waals surface area contributed by atoms with E-state index in [1.54, 1.807) is 18.2 Å². The van der Waals surface area contributed by atoms with Crippen LogP contribution < -0.4 is 10.6 Å². The molecule has 0 fully saturated rings. The Morgan fingerprint density at radius 3 is 2.44 bits per heavy atom. The summed E-state index contributed by atoms with van der Waals surface area (Å²) in [6.07, 6.45) is 1.52. The van der Waals surface area contributed by atoms with Gasteiger partial charge in [-0.2, -0.15) is 10.1 Å². The highest BCUT2D eigenvalue weighted by Gasteiger charge is 2.06. The molecule has 1 heterocycles. The predicted octanol–water partition coefficient (Wildman–Crippen LogP) is 5.79. The highest BCUT2D eigenvalue weighted by atomic mass is 35.5. The number of anilines is 4. The lowest BCUT2D eigenvalue weighted by molar-refractivity contribution is 0.867. The Kier molecular flexibility index (Phi) is 5.36. The van der Waals surface area contributed by atoms with Crippen molar-refractivity contribution >= 4 is 46.3 Å². The Morgan fingerprint density at radius 1 is 0.960 bits per heavy atom. The lowest BCUT2D eigenvalue weighted by Crippen LogP contribution is -2.02. The van der Waals surface area contributed by atoms with Gasteiger partial charge in [0.1, 0.15) is 0 Å². The Bertz CT molecular complexity index is 866. The van der Waals surface area contributed by atoms with Gasteiger partial charge in [0.05, 0.1) is 16.9 Å². The van der Waals surface area contributed by atoms with Crippen molar-refractivity contribution in [2.24, 2.45) is 0 Å². The molecule has 2 aromatic carbocycles. The van der Waals surface area contributed by atoms with Crippen LogP contribution in [0.15, 0.2) is 48.7 Å². The zero-order valence-corrected chi connectivity index (χ0v) is 15.3. The van der Waals surface area contributed by atoms with Crippen molar-refractivity contribution < 1.29 is 0 Å². The SMILES string of the molecule is CC(C)c1ccc(Nc2nncc(Nc3cc(Cl)ccc3Cl)n2)cc1. The molecule has 1 aromatic heterocycles.